The van der Waals surface area contributed by atoms with Gasteiger partial charge in [0.2, 0.25) is 5.78 Å². The number of ether oxygens (including phenoxy) is 1. The van der Waals surface area contributed by atoms with Gasteiger partial charge >= 0.3 is 0 Å². The monoisotopic (exact) mass is 491 g/mol. The lowest BCUT2D eigenvalue weighted by atomic mass is 9.97. The molecule has 6 heteroatoms. The van der Waals surface area contributed by atoms with E-state index in [1.54, 1.807) is 32.0 Å². The summed E-state index contributed by atoms with van der Waals surface area (Å²) in [5, 5.41) is 10.7. The van der Waals surface area contributed by atoms with Gasteiger partial charge in [-0.05, 0) is 92.5 Å². The summed E-state index contributed by atoms with van der Waals surface area (Å²) in [5.74, 6) is 0.623. The molecule has 3 aromatic carbocycles. The smallest absolute Gasteiger partial charge is 0.207 e. The van der Waals surface area contributed by atoms with Crippen molar-refractivity contribution in [3.8, 4) is 17.2 Å². The Kier molecular flexibility index (Phi) is 7.53. The topological polar surface area (TPSA) is 49.8 Å². The largest absolute Gasteiger partial charge is 0.508 e. The van der Waals surface area contributed by atoms with E-state index in [1.165, 1.54) is 29.0 Å². The molecule has 1 N–H and O–H groups in total. The van der Waals surface area contributed by atoms with Crippen LogP contribution < -0.4 is 4.74 Å². The second kappa shape index (κ2) is 10.6. The van der Waals surface area contributed by atoms with E-state index in [0.717, 1.165) is 36.1 Å². The number of thiophene rings is 1. The maximum absolute atomic E-state index is 13.9. The first-order chi connectivity index (χ1) is 16.8. The van der Waals surface area contributed by atoms with Crippen LogP contribution >= 0.6 is 11.3 Å². The Bertz CT molecular complexity index is 1330. The second-order valence-electron chi connectivity index (χ2n) is 8.71. The molecule has 0 atom stereocenters. The zero-order chi connectivity index (χ0) is 25.1. The van der Waals surface area contributed by atoms with Gasteiger partial charge in [0.25, 0.3) is 0 Å². The van der Waals surface area contributed by atoms with Crippen molar-refractivity contribution in [1.29, 1.82) is 0 Å². The number of aromatic hydroxyl groups is 1. The summed E-state index contributed by atoms with van der Waals surface area (Å²) in [4.78, 5) is 16.5. The van der Waals surface area contributed by atoms with Crippen LogP contribution in [-0.2, 0) is 6.42 Å². The molecular formula is C29H30FNO3S. The molecule has 4 aromatic rings. The van der Waals surface area contributed by atoms with E-state index < -0.39 is 0 Å². The Hall–Kier alpha value is -3.22. The zero-order valence-electron chi connectivity index (χ0n) is 20.5. The molecule has 35 heavy (non-hydrogen) atoms. The van der Waals surface area contributed by atoms with Gasteiger partial charge in [0.1, 0.15) is 22.2 Å². The molecule has 0 amide bonds. The van der Waals surface area contributed by atoms with Crippen molar-refractivity contribution in [2.45, 2.75) is 34.1 Å². The number of hydrogen-bond acceptors (Lipinski definition) is 5. The number of benzene rings is 3. The number of ketones is 1. The van der Waals surface area contributed by atoms with Gasteiger partial charge in [0.05, 0.1) is 0 Å². The molecule has 0 unspecified atom stereocenters. The number of rotatable bonds is 9. The van der Waals surface area contributed by atoms with Gasteiger partial charge in [-0.1, -0.05) is 26.0 Å². The standard InChI is InChI=1S/C29H30FNO3S/c1-5-31(6-2)14-13-20-7-10-23(11-8-20)34-28-24-12-9-22(32)17-25(24)35-29(28)27(33)26-18(3)15-21(30)16-19(26)4/h7-12,15-17,32H,5-6,13-14H2,1-4H3. The van der Waals surface area contributed by atoms with Gasteiger partial charge in [0.15, 0.2) is 5.75 Å². The average molecular weight is 492 g/mol. The number of carbonyl (C=O) groups is 1. The minimum absolute atomic E-state index is 0.121. The van der Waals surface area contributed by atoms with E-state index in [-0.39, 0.29) is 17.3 Å². The van der Waals surface area contributed by atoms with E-state index in [0.29, 0.717) is 33.1 Å². The number of phenolic OH excluding ortho intramolecular Hbond substituents is 1. The molecule has 1 heterocycles. The third-order valence-electron chi connectivity index (χ3n) is 6.31. The van der Waals surface area contributed by atoms with Crippen molar-refractivity contribution < 1.29 is 19.0 Å². The summed E-state index contributed by atoms with van der Waals surface area (Å²) >= 11 is 1.27. The van der Waals surface area contributed by atoms with E-state index in [2.05, 4.69) is 30.9 Å². The Balaban J connectivity index is 1.69. The Morgan fingerprint density at radius 1 is 1.00 bits per heavy atom. The number of nitrogens with zero attached hydrogens (tertiary/aromatic N) is 1. The van der Waals surface area contributed by atoms with Crippen molar-refractivity contribution in [2.24, 2.45) is 0 Å². The molecule has 0 saturated carbocycles. The number of likely N-dealkylation sites (N-methyl/N-ethyl adjacent to an activating group) is 1. The highest BCUT2D eigenvalue weighted by Gasteiger charge is 2.25. The highest BCUT2D eigenvalue weighted by atomic mass is 32.1. The fraction of sp³-hybridized carbons (Fsp3) is 0.276. The highest BCUT2D eigenvalue weighted by Crippen LogP contribution is 2.43. The van der Waals surface area contributed by atoms with Crippen molar-refractivity contribution in [3.05, 3.63) is 87.5 Å². The van der Waals surface area contributed by atoms with Crippen LogP contribution in [0.3, 0.4) is 0 Å². The normalized spacial score (nSPS) is 11.4. The van der Waals surface area contributed by atoms with Crippen LogP contribution in [0.15, 0.2) is 54.6 Å². The van der Waals surface area contributed by atoms with Crippen molar-refractivity contribution in [3.63, 3.8) is 0 Å². The Labute approximate surface area is 209 Å². The molecule has 0 bridgehead atoms. The van der Waals surface area contributed by atoms with Crippen LogP contribution in [0, 0.1) is 19.7 Å². The van der Waals surface area contributed by atoms with Gasteiger partial charge in [-0.25, -0.2) is 4.39 Å². The first-order valence-electron chi connectivity index (χ1n) is 11.9. The molecule has 0 spiro atoms. The Morgan fingerprint density at radius 3 is 2.29 bits per heavy atom. The second-order valence-corrected chi connectivity index (χ2v) is 9.76. The first-order valence-corrected chi connectivity index (χ1v) is 12.7. The number of halogens is 1. The molecule has 0 aliphatic carbocycles. The molecule has 1 aromatic heterocycles. The summed E-state index contributed by atoms with van der Waals surface area (Å²) in [7, 11) is 0. The minimum atomic E-state index is -0.365. The number of phenols is 1. The lowest BCUT2D eigenvalue weighted by molar-refractivity contribution is 0.103. The third kappa shape index (κ3) is 5.39. The van der Waals surface area contributed by atoms with Gasteiger partial charge < -0.3 is 14.7 Å². The van der Waals surface area contributed by atoms with Crippen LogP contribution in [0.5, 0.6) is 17.2 Å². The molecule has 0 saturated heterocycles. The van der Waals surface area contributed by atoms with E-state index in [1.807, 2.05) is 12.1 Å². The van der Waals surface area contributed by atoms with E-state index in [9.17, 15) is 14.3 Å². The van der Waals surface area contributed by atoms with Crippen molar-refractivity contribution in [2.75, 3.05) is 19.6 Å². The lowest BCUT2D eigenvalue weighted by Crippen LogP contribution is -2.25. The predicted molar refractivity (Wildman–Crippen MR) is 141 cm³/mol. The van der Waals surface area contributed by atoms with Crippen LogP contribution in [0.1, 0.15) is 45.8 Å². The summed E-state index contributed by atoms with van der Waals surface area (Å²) < 4.78 is 20.9. The summed E-state index contributed by atoms with van der Waals surface area (Å²) in [6.07, 6.45) is 0.954. The molecule has 4 rings (SSSR count). The molecule has 0 radical (unpaired) electrons. The minimum Gasteiger partial charge on any atom is -0.508 e. The Morgan fingerprint density at radius 2 is 1.66 bits per heavy atom. The van der Waals surface area contributed by atoms with Gasteiger partial charge in [-0.2, -0.15) is 0 Å². The van der Waals surface area contributed by atoms with Crippen LogP contribution in [-0.4, -0.2) is 35.4 Å². The predicted octanol–water partition coefficient (Wildman–Crippen LogP) is 7.27. The number of carbonyl (C=O) groups excluding carboxylic acids is 1. The fourth-order valence-electron chi connectivity index (χ4n) is 4.36. The average Bonchev–Trinajstić information content (AvgIpc) is 3.17. The molecule has 182 valence electrons. The first kappa shape index (κ1) is 24.9. The van der Waals surface area contributed by atoms with Gasteiger partial charge in [-0.15, -0.1) is 11.3 Å². The highest BCUT2D eigenvalue weighted by molar-refractivity contribution is 7.21. The van der Waals surface area contributed by atoms with Crippen LogP contribution in [0.25, 0.3) is 10.1 Å². The SMILES string of the molecule is CCN(CC)CCc1ccc(Oc2c(C(=O)c3c(C)cc(F)cc3C)sc3cc(O)ccc23)cc1. The maximum Gasteiger partial charge on any atom is 0.207 e. The van der Waals surface area contributed by atoms with Crippen LogP contribution in [0.4, 0.5) is 4.39 Å². The van der Waals surface area contributed by atoms with E-state index >= 15 is 0 Å². The maximum atomic E-state index is 13.9. The zero-order valence-corrected chi connectivity index (χ0v) is 21.3. The van der Waals surface area contributed by atoms with Gasteiger partial charge in [0, 0.05) is 22.2 Å². The summed E-state index contributed by atoms with van der Waals surface area (Å²) in [5.41, 5.74) is 2.85. The number of hydrogen-bond donors (Lipinski definition) is 1. The lowest BCUT2D eigenvalue weighted by Gasteiger charge is -2.17. The fourth-order valence-corrected chi connectivity index (χ4v) is 5.47. The number of aryl methyl sites for hydroxylation is 2. The molecule has 0 aliphatic rings. The van der Waals surface area contributed by atoms with E-state index in [4.69, 9.17) is 4.74 Å². The molecular weight excluding hydrogens is 461 g/mol. The summed E-state index contributed by atoms with van der Waals surface area (Å²) in [6.45, 7) is 10.9. The van der Waals surface area contributed by atoms with Crippen molar-refractivity contribution in [1.82, 2.24) is 4.90 Å². The summed E-state index contributed by atoms with van der Waals surface area (Å²) in [6, 6.07) is 15.7. The molecule has 0 aliphatic heterocycles. The molecule has 0 fully saturated rings. The van der Waals surface area contributed by atoms with Gasteiger partial charge in [-0.3, -0.25) is 4.79 Å². The molecule has 4 nitrogen and oxygen atoms in total. The van der Waals surface area contributed by atoms with Crippen molar-refractivity contribution >= 4 is 27.2 Å². The van der Waals surface area contributed by atoms with Crippen LogP contribution in [0.2, 0.25) is 0 Å². The third-order valence-corrected chi connectivity index (χ3v) is 7.45. The number of fused-ring (bicyclic) bond motifs is 1. The quantitative estimate of drug-likeness (QED) is 0.250.